The fourth-order valence-electron chi connectivity index (χ4n) is 1.51. The zero-order valence-electron chi connectivity index (χ0n) is 9.48. The van der Waals surface area contributed by atoms with E-state index >= 15 is 0 Å². The first kappa shape index (κ1) is 11.7. The molecule has 1 N–H and O–H groups in total. The minimum atomic E-state index is -0.999. The van der Waals surface area contributed by atoms with Gasteiger partial charge >= 0.3 is 5.97 Å². The monoisotopic (exact) mass is 273 g/mol. The van der Waals surface area contributed by atoms with Crippen LogP contribution >= 0.6 is 11.8 Å². The van der Waals surface area contributed by atoms with Crippen molar-refractivity contribution in [1.82, 2.24) is 15.0 Å². The van der Waals surface area contributed by atoms with Crippen LogP contribution in [-0.2, 0) is 0 Å². The highest BCUT2D eigenvalue weighted by Crippen LogP contribution is 2.28. The Hall–Kier alpha value is -2.41. The summed E-state index contributed by atoms with van der Waals surface area (Å²) in [5.74, 6) is -0.999. The molecule has 1 aromatic carbocycles. The standard InChI is InChI=1S/C12H7N3O3S/c16-11(17)7-1-2-8-9(5-7)18-12(15-8)19-10-6-13-3-4-14-10/h1-6H,(H,16,17). The Morgan fingerprint density at radius 2 is 2.21 bits per heavy atom. The van der Waals surface area contributed by atoms with E-state index in [-0.39, 0.29) is 5.56 Å². The Bertz CT molecular complexity index is 742. The molecule has 2 aromatic heterocycles. The molecule has 0 radical (unpaired) electrons. The number of aromatic nitrogens is 3. The van der Waals surface area contributed by atoms with Crippen molar-refractivity contribution in [3.63, 3.8) is 0 Å². The highest BCUT2D eigenvalue weighted by molar-refractivity contribution is 7.99. The molecular weight excluding hydrogens is 266 g/mol. The maximum Gasteiger partial charge on any atom is 0.335 e. The number of carbonyl (C=O) groups is 1. The predicted octanol–water partition coefficient (Wildman–Crippen LogP) is 2.47. The second-order valence-electron chi connectivity index (χ2n) is 3.61. The van der Waals surface area contributed by atoms with Crippen LogP contribution in [0.1, 0.15) is 10.4 Å². The van der Waals surface area contributed by atoms with Crippen LogP contribution in [0.4, 0.5) is 0 Å². The van der Waals surface area contributed by atoms with E-state index in [0.29, 0.717) is 21.3 Å². The Morgan fingerprint density at radius 1 is 1.32 bits per heavy atom. The molecule has 3 aromatic rings. The van der Waals surface area contributed by atoms with Crippen molar-refractivity contribution in [2.24, 2.45) is 0 Å². The van der Waals surface area contributed by atoms with Crippen LogP contribution in [0, 0.1) is 0 Å². The van der Waals surface area contributed by atoms with Crippen LogP contribution in [0.2, 0.25) is 0 Å². The maximum atomic E-state index is 10.9. The summed E-state index contributed by atoms with van der Waals surface area (Å²) in [4.78, 5) is 23.1. The third kappa shape index (κ3) is 2.41. The molecule has 0 saturated carbocycles. The number of fused-ring (bicyclic) bond motifs is 1. The molecule has 2 heterocycles. The Balaban J connectivity index is 1.95. The normalized spacial score (nSPS) is 10.7. The van der Waals surface area contributed by atoms with E-state index in [2.05, 4.69) is 15.0 Å². The van der Waals surface area contributed by atoms with Gasteiger partial charge in [-0.05, 0) is 30.0 Å². The average molecular weight is 273 g/mol. The number of oxazole rings is 1. The highest BCUT2D eigenvalue weighted by atomic mass is 32.2. The van der Waals surface area contributed by atoms with Gasteiger partial charge in [0, 0.05) is 12.4 Å². The third-order valence-corrected chi connectivity index (χ3v) is 3.12. The second-order valence-corrected chi connectivity index (χ2v) is 4.58. The zero-order chi connectivity index (χ0) is 13.2. The van der Waals surface area contributed by atoms with Gasteiger partial charge in [-0.1, -0.05) is 0 Å². The summed E-state index contributed by atoms with van der Waals surface area (Å²) in [7, 11) is 0. The van der Waals surface area contributed by atoms with E-state index in [1.165, 1.54) is 23.9 Å². The first-order valence-corrected chi connectivity index (χ1v) is 6.12. The smallest absolute Gasteiger partial charge is 0.335 e. The molecule has 0 aliphatic heterocycles. The van der Waals surface area contributed by atoms with Crippen molar-refractivity contribution < 1.29 is 14.3 Å². The SMILES string of the molecule is O=C(O)c1ccc2nc(Sc3cnccn3)oc2c1. The lowest BCUT2D eigenvalue weighted by molar-refractivity contribution is 0.0697. The van der Waals surface area contributed by atoms with Crippen LogP contribution in [0.5, 0.6) is 0 Å². The Labute approximate surface area is 111 Å². The molecule has 0 spiro atoms. The summed E-state index contributed by atoms with van der Waals surface area (Å²) in [6.45, 7) is 0. The summed E-state index contributed by atoms with van der Waals surface area (Å²) in [5, 5.41) is 9.96. The summed E-state index contributed by atoms with van der Waals surface area (Å²) < 4.78 is 5.48. The maximum absolute atomic E-state index is 10.9. The average Bonchev–Trinajstić information content (AvgIpc) is 2.80. The van der Waals surface area contributed by atoms with Crippen molar-refractivity contribution in [1.29, 1.82) is 0 Å². The van der Waals surface area contributed by atoms with Gasteiger partial charge in [-0.2, -0.15) is 0 Å². The van der Waals surface area contributed by atoms with Crippen LogP contribution in [0.25, 0.3) is 11.1 Å². The lowest BCUT2D eigenvalue weighted by Gasteiger charge is -1.92. The Kier molecular flexibility index (Phi) is 2.88. The number of rotatable bonds is 3. The number of hydrogen-bond acceptors (Lipinski definition) is 6. The highest BCUT2D eigenvalue weighted by Gasteiger charge is 2.11. The van der Waals surface area contributed by atoms with Crippen molar-refractivity contribution in [3.8, 4) is 0 Å². The van der Waals surface area contributed by atoms with Crippen molar-refractivity contribution in [2.75, 3.05) is 0 Å². The van der Waals surface area contributed by atoms with Crippen LogP contribution < -0.4 is 0 Å². The Morgan fingerprint density at radius 3 is 2.95 bits per heavy atom. The summed E-state index contributed by atoms with van der Waals surface area (Å²) >= 11 is 1.23. The number of benzene rings is 1. The first-order chi connectivity index (χ1) is 9.22. The van der Waals surface area contributed by atoms with E-state index in [4.69, 9.17) is 9.52 Å². The molecule has 0 saturated heterocycles. The molecule has 0 aliphatic rings. The van der Waals surface area contributed by atoms with E-state index < -0.39 is 5.97 Å². The zero-order valence-corrected chi connectivity index (χ0v) is 10.3. The number of aromatic carboxylic acids is 1. The molecule has 6 nitrogen and oxygen atoms in total. The van der Waals surface area contributed by atoms with Crippen LogP contribution in [0.3, 0.4) is 0 Å². The van der Waals surface area contributed by atoms with Crippen LogP contribution in [-0.4, -0.2) is 26.0 Å². The van der Waals surface area contributed by atoms with Gasteiger partial charge in [-0.25, -0.2) is 14.8 Å². The molecule has 0 unspecified atom stereocenters. The van der Waals surface area contributed by atoms with Gasteiger partial charge < -0.3 is 9.52 Å². The van der Waals surface area contributed by atoms with Gasteiger partial charge in [-0.15, -0.1) is 0 Å². The molecule has 0 amide bonds. The van der Waals surface area contributed by atoms with Gasteiger partial charge in [0.2, 0.25) is 0 Å². The third-order valence-electron chi connectivity index (χ3n) is 2.35. The minimum absolute atomic E-state index is 0.166. The van der Waals surface area contributed by atoms with E-state index in [9.17, 15) is 4.79 Å². The molecule has 94 valence electrons. The quantitative estimate of drug-likeness (QED) is 0.783. The summed E-state index contributed by atoms with van der Waals surface area (Å²) in [6.07, 6.45) is 4.75. The second kappa shape index (κ2) is 4.69. The molecule has 0 aliphatic carbocycles. The van der Waals surface area contributed by atoms with Gasteiger partial charge in [0.25, 0.3) is 5.22 Å². The fraction of sp³-hybridized carbons (Fsp3) is 0. The molecule has 0 fully saturated rings. The largest absolute Gasteiger partial charge is 0.478 e. The van der Waals surface area contributed by atoms with E-state index in [1.807, 2.05) is 0 Å². The predicted molar refractivity (Wildman–Crippen MR) is 67.1 cm³/mol. The van der Waals surface area contributed by atoms with Crippen molar-refractivity contribution in [2.45, 2.75) is 10.2 Å². The van der Waals surface area contributed by atoms with Gasteiger partial charge in [-0.3, -0.25) is 4.98 Å². The number of nitrogens with zero attached hydrogens (tertiary/aromatic N) is 3. The van der Waals surface area contributed by atoms with Crippen LogP contribution in [0.15, 0.2) is 51.5 Å². The minimum Gasteiger partial charge on any atom is -0.478 e. The van der Waals surface area contributed by atoms with E-state index in [1.54, 1.807) is 24.7 Å². The van der Waals surface area contributed by atoms with Gasteiger partial charge in [0.15, 0.2) is 5.58 Å². The number of carboxylic acid groups (broad SMARTS) is 1. The molecule has 0 bridgehead atoms. The molecule has 3 rings (SSSR count). The summed E-state index contributed by atoms with van der Waals surface area (Å²) in [5.41, 5.74) is 1.21. The first-order valence-electron chi connectivity index (χ1n) is 5.30. The molecule has 0 atom stereocenters. The molecular formula is C12H7N3O3S. The topological polar surface area (TPSA) is 89.1 Å². The molecule has 7 heteroatoms. The van der Waals surface area contributed by atoms with Gasteiger partial charge in [0.1, 0.15) is 10.5 Å². The number of hydrogen-bond donors (Lipinski definition) is 1. The lowest BCUT2D eigenvalue weighted by atomic mass is 10.2. The number of carboxylic acids is 1. The van der Waals surface area contributed by atoms with E-state index in [0.717, 1.165) is 0 Å². The van der Waals surface area contributed by atoms with Crippen molar-refractivity contribution in [3.05, 3.63) is 42.4 Å². The summed E-state index contributed by atoms with van der Waals surface area (Å²) in [6, 6.07) is 4.55. The van der Waals surface area contributed by atoms with Gasteiger partial charge in [0.05, 0.1) is 11.8 Å². The van der Waals surface area contributed by atoms with Crippen molar-refractivity contribution >= 4 is 28.8 Å². The fourth-order valence-corrected chi connectivity index (χ4v) is 2.19. The lowest BCUT2D eigenvalue weighted by Crippen LogP contribution is -1.94. The molecule has 19 heavy (non-hydrogen) atoms.